The number of nitrogens with zero attached hydrogens (tertiary/aromatic N) is 1. The van der Waals surface area contributed by atoms with Gasteiger partial charge in [0.2, 0.25) is 5.91 Å². The SMILES string of the molecule is O=C(CSc1ccccn1)Nc1ccc(O)c(C(=O)O)c1. The second kappa shape index (κ2) is 6.76. The number of benzene rings is 1. The highest BCUT2D eigenvalue weighted by molar-refractivity contribution is 7.99. The fourth-order valence-corrected chi connectivity index (χ4v) is 2.22. The molecule has 2 aromatic rings. The largest absolute Gasteiger partial charge is 0.507 e. The first-order valence-corrected chi connectivity index (χ1v) is 6.95. The van der Waals surface area contributed by atoms with Crippen LogP contribution in [0.4, 0.5) is 5.69 Å². The van der Waals surface area contributed by atoms with E-state index >= 15 is 0 Å². The van der Waals surface area contributed by atoms with Gasteiger partial charge < -0.3 is 15.5 Å². The van der Waals surface area contributed by atoms with E-state index in [-0.39, 0.29) is 23.0 Å². The molecule has 0 radical (unpaired) electrons. The Bertz CT molecular complexity index is 661. The first-order chi connectivity index (χ1) is 10.1. The van der Waals surface area contributed by atoms with Crippen molar-refractivity contribution in [2.45, 2.75) is 5.03 Å². The number of carboxylic acids is 1. The number of amides is 1. The molecular formula is C14H12N2O4S. The normalized spacial score (nSPS) is 10.1. The lowest BCUT2D eigenvalue weighted by Gasteiger charge is -2.07. The molecule has 0 atom stereocenters. The number of carbonyl (C=O) groups excluding carboxylic acids is 1. The number of rotatable bonds is 5. The molecule has 0 bridgehead atoms. The number of hydrogen-bond acceptors (Lipinski definition) is 5. The van der Waals surface area contributed by atoms with Gasteiger partial charge in [-0.3, -0.25) is 4.79 Å². The Balaban J connectivity index is 1.97. The average Bonchev–Trinajstić information content (AvgIpc) is 2.48. The summed E-state index contributed by atoms with van der Waals surface area (Å²) in [5, 5.41) is 21.6. The average molecular weight is 304 g/mol. The van der Waals surface area contributed by atoms with E-state index in [0.29, 0.717) is 5.69 Å². The maximum Gasteiger partial charge on any atom is 0.339 e. The van der Waals surface area contributed by atoms with Gasteiger partial charge in [0, 0.05) is 11.9 Å². The summed E-state index contributed by atoms with van der Waals surface area (Å²) in [6, 6.07) is 9.28. The Hall–Kier alpha value is -2.54. The number of aromatic carboxylic acids is 1. The highest BCUT2D eigenvalue weighted by Crippen LogP contribution is 2.22. The molecule has 1 aromatic carbocycles. The summed E-state index contributed by atoms with van der Waals surface area (Å²) in [4.78, 5) is 26.7. The minimum Gasteiger partial charge on any atom is -0.507 e. The fraction of sp³-hybridized carbons (Fsp3) is 0.0714. The molecule has 1 amide bonds. The smallest absolute Gasteiger partial charge is 0.339 e. The van der Waals surface area contributed by atoms with Crippen LogP contribution in [0.2, 0.25) is 0 Å². The highest BCUT2D eigenvalue weighted by atomic mass is 32.2. The lowest BCUT2D eigenvalue weighted by Crippen LogP contribution is -2.14. The second-order valence-corrected chi connectivity index (χ2v) is 5.04. The van der Waals surface area contributed by atoms with Gasteiger partial charge in [0.1, 0.15) is 11.3 Å². The van der Waals surface area contributed by atoms with Crippen LogP contribution in [0.5, 0.6) is 5.75 Å². The minimum atomic E-state index is -1.26. The Morgan fingerprint density at radius 1 is 1.24 bits per heavy atom. The molecular weight excluding hydrogens is 292 g/mol. The van der Waals surface area contributed by atoms with Crippen molar-refractivity contribution in [3.63, 3.8) is 0 Å². The van der Waals surface area contributed by atoms with E-state index in [1.54, 1.807) is 18.3 Å². The summed E-state index contributed by atoms with van der Waals surface area (Å²) in [7, 11) is 0. The number of phenols is 1. The Kier molecular flexibility index (Phi) is 4.78. The molecule has 0 unspecified atom stereocenters. The molecule has 0 aliphatic rings. The van der Waals surface area contributed by atoms with Crippen LogP contribution in [-0.2, 0) is 4.79 Å². The van der Waals surface area contributed by atoms with Gasteiger partial charge in [-0.2, -0.15) is 0 Å². The molecule has 0 saturated carbocycles. The minimum absolute atomic E-state index is 0.153. The van der Waals surface area contributed by atoms with E-state index in [9.17, 15) is 14.7 Å². The van der Waals surface area contributed by atoms with E-state index in [0.717, 1.165) is 5.03 Å². The van der Waals surface area contributed by atoms with E-state index < -0.39 is 5.97 Å². The van der Waals surface area contributed by atoms with Gasteiger partial charge in [-0.1, -0.05) is 17.8 Å². The molecule has 21 heavy (non-hydrogen) atoms. The zero-order valence-corrected chi connectivity index (χ0v) is 11.6. The van der Waals surface area contributed by atoms with Gasteiger partial charge in [-0.05, 0) is 30.3 Å². The molecule has 0 spiro atoms. The van der Waals surface area contributed by atoms with E-state index in [1.165, 1.54) is 30.0 Å². The van der Waals surface area contributed by atoms with Crippen LogP contribution in [0, 0.1) is 0 Å². The lowest BCUT2D eigenvalue weighted by atomic mass is 10.2. The number of carbonyl (C=O) groups is 2. The number of anilines is 1. The number of nitrogens with one attached hydrogen (secondary N) is 1. The summed E-state index contributed by atoms with van der Waals surface area (Å²) in [5.74, 6) is -1.73. The first kappa shape index (κ1) is 14.9. The molecule has 108 valence electrons. The molecule has 0 aliphatic carbocycles. The van der Waals surface area contributed by atoms with Gasteiger partial charge in [-0.25, -0.2) is 9.78 Å². The number of carboxylic acid groups (broad SMARTS) is 1. The second-order valence-electron chi connectivity index (χ2n) is 4.04. The maximum absolute atomic E-state index is 11.8. The van der Waals surface area contributed by atoms with Crippen molar-refractivity contribution in [2.24, 2.45) is 0 Å². The van der Waals surface area contributed by atoms with Crippen LogP contribution in [0.15, 0.2) is 47.6 Å². The first-order valence-electron chi connectivity index (χ1n) is 5.96. The van der Waals surface area contributed by atoms with E-state index in [4.69, 9.17) is 5.11 Å². The Labute approximate surface area is 124 Å². The van der Waals surface area contributed by atoms with Crippen molar-refractivity contribution >= 4 is 29.3 Å². The third-order valence-electron chi connectivity index (χ3n) is 2.50. The van der Waals surface area contributed by atoms with Crippen molar-refractivity contribution in [3.05, 3.63) is 48.2 Å². The van der Waals surface area contributed by atoms with Crippen molar-refractivity contribution in [1.82, 2.24) is 4.98 Å². The Morgan fingerprint density at radius 2 is 2.05 bits per heavy atom. The van der Waals surface area contributed by atoms with Crippen molar-refractivity contribution in [1.29, 1.82) is 0 Å². The summed E-state index contributed by atoms with van der Waals surface area (Å²) in [6.45, 7) is 0. The van der Waals surface area contributed by atoms with Gasteiger partial charge in [-0.15, -0.1) is 0 Å². The molecule has 1 aromatic heterocycles. The summed E-state index contributed by atoms with van der Waals surface area (Å²) >= 11 is 1.27. The quantitative estimate of drug-likeness (QED) is 0.578. The van der Waals surface area contributed by atoms with Crippen LogP contribution in [0.25, 0.3) is 0 Å². The summed E-state index contributed by atoms with van der Waals surface area (Å²) in [6.07, 6.45) is 1.64. The monoisotopic (exact) mass is 304 g/mol. The predicted molar refractivity (Wildman–Crippen MR) is 78.7 cm³/mol. The van der Waals surface area contributed by atoms with Crippen LogP contribution >= 0.6 is 11.8 Å². The molecule has 0 aliphatic heterocycles. The topological polar surface area (TPSA) is 99.5 Å². The third kappa shape index (κ3) is 4.22. The van der Waals surface area contributed by atoms with Crippen LogP contribution < -0.4 is 5.32 Å². The predicted octanol–water partition coefficient (Wildman–Crippen LogP) is 2.22. The number of pyridine rings is 1. The van der Waals surface area contributed by atoms with Crippen LogP contribution in [0.1, 0.15) is 10.4 Å². The van der Waals surface area contributed by atoms with Gasteiger partial charge >= 0.3 is 5.97 Å². The number of aromatic nitrogens is 1. The zero-order chi connectivity index (χ0) is 15.2. The van der Waals surface area contributed by atoms with Crippen molar-refractivity contribution in [3.8, 4) is 5.75 Å². The molecule has 3 N–H and O–H groups in total. The molecule has 2 rings (SSSR count). The Morgan fingerprint density at radius 3 is 2.71 bits per heavy atom. The molecule has 0 fully saturated rings. The summed E-state index contributed by atoms with van der Waals surface area (Å²) < 4.78 is 0. The molecule has 0 saturated heterocycles. The highest BCUT2D eigenvalue weighted by Gasteiger charge is 2.11. The summed E-state index contributed by atoms with van der Waals surface area (Å²) in [5.41, 5.74) is 0.0574. The molecule has 1 heterocycles. The zero-order valence-electron chi connectivity index (χ0n) is 10.8. The van der Waals surface area contributed by atoms with Crippen LogP contribution in [0.3, 0.4) is 0 Å². The standard InChI is InChI=1S/C14H12N2O4S/c17-11-5-4-9(7-10(11)14(19)20)16-12(18)8-21-13-3-1-2-6-15-13/h1-7,17H,8H2,(H,16,18)(H,19,20). The number of hydrogen-bond donors (Lipinski definition) is 3. The van der Waals surface area contributed by atoms with E-state index in [2.05, 4.69) is 10.3 Å². The third-order valence-corrected chi connectivity index (χ3v) is 3.44. The molecule has 7 heteroatoms. The van der Waals surface area contributed by atoms with Crippen molar-refractivity contribution in [2.75, 3.05) is 11.1 Å². The van der Waals surface area contributed by atoms with Crippen LogP contribution in [-0.4, -0.2) is 32.8 Å². The number of thioether (sulfide) groups is 1. The van der Waals surface area contributed by atoms with Gasteiger partial charge in [0.15, 0.2) is 0 Å². The van der Waals surface area contributed by atoms with Crippen molar-refractivity contribution < 1.29 is 19.8 Å². The fourth-order valence-electron chi connectivity index (χ4n) is 1.55. The maximum atomic E-state index is 11.8. The molecule has 6 nitrogen and oxygen atoms in total. The van der Waals surface area contributed by atoms with Gasteiger partial charge in [0.25, 0.3) is 0 Å². The number of aromatic hydroxyl groups is 1. The lowest BCUT2D eigenvalue weighted by molar-refractivity contribution is -0.113. The van der Waals surface area contributed by atoms with Gasteiger partial charge in [0.05, 0.1) is 10.8 Å². The van der Waals surface area contributed by atoms with E-state index in [1.807, 2.05) is 6.07 Å².